The molecule has 1 nitrogen and oxygen atoms in total. The minimum atomic E-state index is 0. The van der Waals surface area contributed by atoms with Crippen LogP contribution in [0.25, 0.3) is 0 Å². The van der Waals surface area contributed by atoms with Gasteiger partial charge in [-0.1, -0.05) is 39.0 Å². The summed E-state index contributed by atoms with van der Waals surface area (Å²) in [5.41, 5.74) is 0. The molecule has 0 heterocycles. The molecule has 0 aromatic carbocycles. The molecule has 0 aromatic heterocycles. The second-order valence-electron chi connectivity index (χ2n) is 5.06. The molecule has 0 radical (unpaired) electrons. The maximum Gasteiger partial charge on any atom is 0.0911 e. The molecule has 2 heteroatoms. The fraction of sp³-hybridized carbons (Fsp3) is 0.846. The van der Waals surface area contributed by atoms with Gasteiger partial charge in [-0.3, -0.25) is 0 Å². The highest BCUT2D eigenvalue weighted by molar-refractivity contribution is 4.72. The minimum absolute atomic E-state index is 0. The van der Waals surface area contributed by atoms with E-state index >= 15 is 0 Å². The van der Waals surface area contributed by atoms with Crippen molar-refractivity contribution in [3.8, 4) is 0 Å². The Balaban J connectivity index is 0. The maximum absolute atomic E-state index is 2.32. The second-order valence-corrected chi connectivity index (χ2v) is 5.06. The highest BCUT2D eigenvalue weighted by Gasteiger charge is 1.98. The lowest BCUT2D eigenvalue weighted by molar-refractivity contribution is -0.817. The van der Waals surface area contributed by atoms with Crippen LogP contribution in [0.15, 0.2) is 12.3 Å². The van der Waals surface area contributed by atoms with E-state index in [1.807, 2.05) is 0 Å². The van der Waals surface area contributed by atoms with Crippen LogP contribution in [0.4, 0.5) is 0 Å². The van der Waals surface area contributed by atoms with Crippen molar-refractivity contribution in [1.82, 2.24) is 0 Å². The third-order valence-electron chi connectivity index (χ3n) is 2.28. The number of hydrogen-bond donors (Lipinski definition) is 0. The van der Waals surface area contributed by atoms with Gasteiger partial charge in [0.05, 0.1) is 27.3 Å². The highest BCUT2D eigenvalue weighted by Crippen LogP contribution is 2.07. The van der Waals surface area contributed by atoms with Crippen molar-refractivity contribution in [2.24, 2.45) is 0 Å². The van der Waals surface area contributed by atoms with Gasteiger partial charge in [-0.25, -0.2) is 0 Å². The van der Waals surface area contributed by atoms with Crippen LogP contribution in [0, 0.1) is 0 Å². The number of halogens is 1. The summed E-state index contributed by atoms with van der Waals surface area (Å²) in [6.07, 6.45) is 14.2. The molecule has 0 rings (SSSR count). The molecule has 0 amide bonds. The average molecular weight is 278 g/mol. The predicted molar refractivity (Wildman–Crippen MR) is 65.2 cm³/mol. The quantitative estimate of drug-likeness (QED) is 0.458. The monoisotopic (exact) mass is 277 g/mol. The largest absolute Gasteiger partial charge is 1.00 e. The topological polar surface area (TPSA) is 0 Å². The van der Waals surface area contributed by atoms with E-state index < -0.39 is 0 Å². The molecular weight excluding hydrogens is 250 g/mol. The van der Waals surface area contributed by atoms with Gasteiger partial charge >= 0.3 is 0 Å². The molecule has 0 saturated heterocycles. The Labute approximate surface area is 107 Å². The summed E-state index contributed by atoms with van der Waals surface area (Å²) in [6, 6.07) is 0. The van der Waals surface area contributed by atoms with Crippen LogP contribution in [0.1, 0.15) is 51.9 Å². The highest BCUT2D eigenvalue weighted by atomic mass is 79.9. The Morgan fingerprint density at radius 2 is 1.40 bits per heavy atom. The number of hydrogen-bond acceptors (Lipinski definition) is 0. The summed E-state index contributed by atoms with van der Waals surface area (Å²) in [6.45, 7) is 2.27. The molecule has 0 atom stereocenters. The van der Waals surface area contributed by atoms with Crippen molar-refractivity contribution in [3.63, 3.8) is 0 Å². The van der Waals surface area contributed by atoms with E-state index in [1.54, 1.807) is 0 Å². The van der Waals surface area contributed by atoms with E-state index in [1.165, 1.54) is 44.9 Å². The zero-order valence-corrected chi connectivity index (χ0v) is 12.5. The molecule has 0 spiro atoms. The van der Waals surface area contributed by atoms with Gasteiger partial charge in [0.15, 0.2) is 0 Å². The van der Waals surface area contributed by atoms with E-state index in [0.717, 1.165) is 4.48 Å². The van der Waals surface area contributed by atoms with Gasteiger partial charge in [0.2, 0.25) is 0 Å². The second kappa shape index (κ2) is 10.7. The van der Waals surface area contributed by atoms with Crippen LogP contribution in [-0.4, -0.2) is 25.6 Å². The number of unbranched alkanes of at least 4 members (excludes halogenated alkanes) is 6. The Morgan fingerprint density at radius 3 is 1.93 bits per heavy atom. The van der Waals surface area contributed by atoms with Crippen LogP contribution >= 0.6 is 0 Å². The molecule has 0 saturated carbocycles. The van der Waals surface area contributed by atoms with Gasteiger partial charge in [0.25, 0.3) is 0 Å². The number of nitrogens with zero attached hydrogens (tertiary/aromatic N) is 1. The first-order valence-corrected chi connectivity index (χ1v) is 6.05. The van der Waals surface area contributed by atoms with Gasteiger partial charge < -0.3 is 21.5 Å². The van der Waals surface area contributed by atoms with E-state index in [9.17, 15) is 0 Å². The van der Waals surface area contributed by atoms with Crippen LogP contribution in [-0.2, 0) is 0 Å². The summed E-state index contributed by atoms with van der Waals surface area (Å²) < 4.78 is 0.940. The van der Waals surface area contributed by atoms with Crippen LogP contribution < -0.4 is 17.0 Å². The predicted octanol–water partition coefficient (Wildman–Crippen LogP) is 0.961. The third kappa shape index (κ3) is 16.8. The first kappa shape index (κ1) is 17.6. The van der Waals surface area contributed by atoms with Crippen molar-refractivity contribution >= 4 is 0 Å². The van der Waals surface area contributed by atoms with Crippen molar-refractivity contribution in [2.45, 2.75) is 51.9 Å². The van der Waals surface area contributed by atoms with E-state index in [2.05, 4.69) is 40.3 Å². The number of quaternary nitrogens is 1. The Kier molecular flexibility index (Phi) is 12.5. The zero-order valence-electron chi connectivity index (χ0n) is 10.9. The smallest absolute Gasteiger partial charge is 0.0911 e. The molecule has 92 valence electrons. The standard InChI is InChI=1S/C13H28N.BrH/c1-5-6-7-8-9-10-11-12-13-14(2,3)4;/h12-13H,5-11H2,1-4H3;1H/q+1;/p-1. The third-order valence-corrected chi connectivity index (χ3v) is 2.28. The van der Waals surface area contributed by atoms with Crippen molar-refractivity contribution in [2.75, 3.05) is 21.1 Å². The first-order valence-electron chi connectivity index (χ1n) is 6.05. The Morgan fingerprint density at radius 1 is 0.867 bits per heavy atom. The van der Waals surface area contributed by atoms with Gasteiger partial charge in [-0.05, 0) is 18.9 Å². The summed E-state index contributed by atoms with van der Waals surface area (Å²) in [5.74, 6) is 0. The molecule has 0 aliphatic carbocycles. The van der Waals surface area contributed by atoms with Gasteiger partial charge in [0, 0.05) is 0 Å². The molecule has 0 unspecified atom stereocenters. The van der Waals surface area contributed by atoms with Crippen molar-refractivity contribution in [1.29, 1.82) is 0 Å². The number of allylic oxidation sites excluding steroid dienone is 1. The van der Waals surface area contributed by atoms with Gasteiger partial charge in [0.1, 0.15) is 0 Å². The first-order chi connectivity index (χ1) is 6.56. The summed E-state index contributed by atoms with van der Waals surface area (Å²) in [4.78, 5) is 0. The van der Waals surface area contributed by atoms with E-state index in [0.29, 0.717) is 0 Å². The molecule has 0 bridgehead atoms. The van der Waals surface area contributed by atoms with Crippen LogP contribution in [0.3, 0.4) is 0 Å². The summed E-state index contributed by atoms with van der Waals surface area (Å²) in [5, 5.41) is 0. The lowest BCUT2D eigenvalue weighted by Gasteiger charge is -2.17. The van der Waals surface area contributed by atoms with Gasteiger partial charge in [-0.2, -0.15) is 0 Å². The minimum Gasteiger partial charge on any atom is -1.00 e. The fourth-order valence-electron chi connectivity index (χ4n) is 1.43. The SMILES string of the molecule is CCCCCCCCC=C[N+](C)(C)C.[Br-]. The van der Waals surface area contributed by atoms with Crippen LogP contribution in [0.5, 0.6) is 0 Å². The molecule has 0 aliphatic heterocycles. The fourth-order valence-corrected chi connectivity index (χ4v) is 1.43. The van der Waals surface area contributed by atoms with E-state index in [4.69, 9.17) is 0 Å². The van der Waals surface area contributed by atoms with Gasteiger partial charge in [-0.15, -0.1) is 0 Å². The number of rotatable bonds is 8. The molecular formula is C13H28BrN. The summed E-state index contributed by atoms with van der Waals surface area (Å²) >= 11 is 0. The lowest BCUT2D eigenvalue weighted by Crippen LogP contribution is -3.00. The molecule has 0 aliphatic rings. The average Bonchev–Trinajstić information content (AvgIpc) is 2.08. The molecule has 0 fully saturated rings. The summed E-state index contributed by atoms with van der Waals surface area (Å²) in [7, 11) is 6.58. The Hall–Kier alpha value is 0.180. The molecule has 0 aromatic rings. The van der Waals surface area contributed by atoms with E-state index in [-0.39, 0.29) is 17.0 Å². The zero-order chi connectivity index (χ0) is 10.9. The maximum atomic E-state index is 2.32. The van der Waals surface area contributed by atoms with Crippen molar-refractivity contribution < 1.29 is 21.5 Å². The Bertz CT molecular complexity index is 147. The molecule has 0 N–H and O–H groups in total. The van der Waals surface area contributed by atoms with Crippen LogP contribution in [0.2, 0.25) is 0 Å². The van der Waals surface area contributed by atoms with Crippen molar-refractivity contribution in [3.05, 3.63) is 12.3 Å². The lowest BCUT2D eigenvalue weighted by atomic mass is 10.1. The molecule has 15 heavy (non-hydrogen) atoms. The normalized spacial score (nSPS) is 11.7.